The molecule has 0 aliphatic rings. The molecule has 2 rings (SSSR count). The van der Waals surface area contributed by atoms with Gasteiger partial charge in [-0.2, -0.15) is 0 Å². The van der Waals surface area contributed by atoms with Crippen molar-refractivity contribution in [2.45, 2.75) is 6.92 Å². The van der Waals surface area contributed by atoms with E-state index in [2.05, 4.69) is 21.2 Å². The number of carbonyl (C=O) groups excluding carboxylic acids is 1. The number of rotatable bonds is 6. The number of carbonyl (C=O) groups is 1. The van der Waals surface area contributed by atoms with Gasteiger partial charge in [-0.25, -0.2) is 0 Å². The molecule has 2 aromatic carbocycles. The van der Waals surface area contributed by atoms with Gasteiger partial charge in [0.05, 0.1) is 19.2 Å². The van der Waals surface area contributed by atoms with E-state index >= 15 is 0 Å². The molecule has 116 valence electrons. The van der Waals surface area contributed by atoms with Crippen LogP contribution in [-0.4, -0.2) is 26.2 Å². The predicted molar refractivity (Wildman–Crippen MR) is 89.7 cm³/mol. The molecule has 4 nitrogen and oxygen atoms in total. The number of ether oxygens (including phenoxy) is 2. The smallest absolute Gasteiger partial charge is 0.252 e. The van der Waals surface area contributed by atoms with Crippen LogP contribution in [0.3, 0.4) is 0 Å². The van der Waals surface area contributed by atoms with Crippen LogP contribution >= 0.6 is 15.9 Å². The van der Waals surface area contributed by atoms with E-state index in [0.29, 0.717) is 30.2 Å². The van der Waals surface area contributed by atoms with E-state index in [0.717, 1.165) is 10.0 Å². The van der Waals surface area contributed by atoms with Crippen molar-refractivity contribution in [3.63, 3.8) is 0 Å². The first kappa shape index (κ1) is 16.4. The van der Waals surface area contributed by atoms with Gasteiger partial charge in [0.15, 0.2) is 11.5 Å². The van der Waals surface area contributed by atoms with Gasteiger partial charge >= 0.3 is 0 Å². The summed E-state index contributed by atoms with van der Waals surface area (Å²) in [5, 5.41) is 2.82. The zero-order valence-corrected chi connectivity index (χ0v) is 14.1. The van der Waals surface area contributed by atoms with Crippen molar-refractivity contribution in [1.29, 1.82) is 0 Å². The van der Waals surface area contributed by atoms with E-state index in [1.165, 1.54) is 0 Å². The fourth-order valence-corrected chi connectivity index (χ4v) is 2.43. The molecule has 22 heavy (non-hydrogen) atoms. The second-order valence-corrected chi connectivity index (χ2v) is 5.59. The third kappa shape index (κ3) is 4.24. The van der Waals surface area contributed by atoms with Gasteiger partial charge in [-0.15, -0.1) is 0 Å². The fraction of sp³-hybridized carbons (Fsp3) is 0.235. The number of hydrogen-bond donors (Lipinski definition) is 1. The van der Waals surface area contributed by atoms with Crippen LogP contribution in [0.15, 0.2) is 46.9 Å². The standard InChI is InChI=1S/C17H18BrNO3/c1-12-7-8-15(16(11-12)21-2)22-10-9-19-17(20)13-5-3-4-6-14(13)18/h3-8,11H,9-10H2,1-2H3,(H,19,20). The van der Waals surface area contributed by atoms with Crippen LogP contribution in [0.5, 0.6) is 11.5 Å². The van der Waals surface area contributed by atoms with Crippen molar-refractivity contribution >= 4 is 21.8 Å². The molecule has 0 aromatic heterocycles. The molecule has 2 aromatic rings. The summed E-state index contributed by atoms with van der Waals surface area (Å²) in [4.78, 5) is 12.0. The number of benzene rings is 2. The predicted octanol–water partition coefficient (Wildman–Crippen LogP) is 3.57. The number of nitrogens with one attached hydrogen (secondary N) is 1. The molecule has 1 amide bonds. The molecule has 0 heterocycles. The lowest BCUT2D eigenvalue weighted by Crippen LogP contribution is -2.28. The van der Waals surface area contributed by atoms with Gasteiger partial charge < -0.3 is 14.8 Å². The Morgan fingerprint density at radius 2 is 1.95 bits per heavy atom. The van der Waals surface area contributed by atoms with Crippen LogP contribution in [-0.2, 0) is 0 Å². The lowest BCUT2D eigenvalue weighted by Gasteiger charge is -2.12. The Labute approximate surface area is 138 Å². The van der Waals surface area contributed by atoms with E-state index in [1.54, 1.807) is 13.2 Å². The van der Waals surface area contributed by atoms with Gasteiger partial charge in [0.1, 0.15) is 6.61 Å². The first-order valence-corrected chi connectivity index (χ1v) is 7.71. The van der Waals surface area contributed by atoms with Crippen molar-refractivity contribution in [1.82, 2.24) is 5.32 Å². The normalized spacial score (nSPS) is 10.1. The van der Waals surface area contributed by atoms with E-state index < -0.39 is 0 Å². The van der Waals surface area contributed by atoms with Crippen LogP contribution in [0, 0.1) is 6.92 Å². The van der Waals surface area contributed by atoms with Crippen molar-refractivity contribution < 1.29 is 14.3 Å². The monoisotopic (exact) mass is 363 g/mol. The Balaban J connectivity index is 1.85. The second-order valence-electron chi connectivity index (χ2n) is 4.74. The molecule has 0 aliphatic heterocycles. The maximum Gasteiger partial charge on any atom is 0.252 e. The molecule has 0 saturated carbocycles. The first-order valence-electron chi connectivity index (χ1n) is 6.92. The summed E-state index contributed by atoms with van der Waals surface area (Å²) in [6.45, 7) is 2.77. The molecular formula is C17H18BrNO3. The van der Waals surface area contributed by atoms with Crippen LogP contribution in [0.2, 0.25) is 0 Å². The highest BCUT2D eigenvalue weighted by Crippen LogP contribution is 2.27. The van der Waals surface area contributed by atoms with E-state index in [1.807, 2.05) is 43.3 Å². The Bertz CT molecular complexity index is 658. The third-order valence-corrected chi connectivity index (χ3v) is 3.77. The van der Waals surface area contributed by atoms with Gasteiger partial charge in [0, 0.05) is 4.47 Å². The summed E-state index contributed by atoms with van der Waals surface area (Å²) in [6.07, 6.45) is 0. The molecule has 0 spiro atoms. The highest BCUT2D eigenvalue weighted by molar-refractivity contribution is 9.10. The van der Waals surface area contributed by atoms with Crippen LogP contribution in [0.4, 0.5) is 0 Å². The van der Waals surface area contributed by atoms with Gasteiger partial charge in [0.2, 0.25) is 0 Å². The minimum Gasteiger partial charge on any atom is -0.493 e. The average molecular weight is 364 g/mol. The minimum atomic E-state index is -0.132. The van der Waals surface area contributed by atoms with Gasteiger partial charge in [-0.1, -0.05) is 18.2 Å². The largest absolute Gasteiger partial charge is 0.493 e. The van der Waals surface area contributed by atoms with Gasteiger partial charge in [0.25, 0.3) is 5.91 Å². The molecule has 0 aliphatic carbocycles. The summed E-state index contributed by atoms with van der Waals surface area (Å²) in [6, 6.07) is 13.0. The van der Waals surface area contributed by atoms with E-state index in [4.69, 9.17) is 9.47 Å². The fourth-order valence-electron chi connectivity index (χ4n) is 1.96. The van der Waals surface area contributed by atoms with Crippen molar-refractivity contribution in [3.8, 4) is 11.5 Å². The topological polar surface area (TPSA) is 47.6 Å². The number of methoxy groups -OCH3 is 1. The molecule has 1 N–H and O–H groups in total. The zero-order valence-electron chi connectivity index (χ0n) is 12.6. The van der Waals surface area contributed by atoms with E-state index in [9.17, 15) is 4.79 Å². The summed E-state index contributed by atoms with van der Waals surface area (Å²) in [5.74, 6) is 1.23. The minimum absolute atomic E-state index is 0.132. The van der Waals surface area contributed by atoms with Crippen LogP contribution < -0.4 is 14.8 Å². The number of amides is 1. The summed E-state index contributed by atoms with van der Waals surface area (Å²) in [5.41, 5.74) is 1.71. The molecule has 0 saturated heterocycles. The Morgan fingerprint density at radius 1 is 1.18 bits per heavy atom. The van der Waals surface area contributed by atoms with Crippen molar-refractivity contribution in [2.75, 3.05) is 20.3 Å². The molecule has 0 atom stereocenters. The Morgan fingerprint density at radius 3 is 2.68 bits per heavy atom. The first-order chi connectivity index (χ1) is 10.6. The quantitative estimate of drug-likeness (QED) is 0.798. The zero-order chi connectivity index (χ0) is 15.9. The summed E-state index contributed by atoms with van der Waals surface area (Å²) in [7, 11) is 1.61. The molecule has 5 heteroatoms. The van der Waals surface area contributed by atoms with Crippen molar-refractivity contribution in [3.05, 3.63) is 58.1 Å². The number of hydrogen-bond acceptors (Lipinski definition) is 3. The Hall–Kier alpha value is -2.01. The third-order valence-electron chi connectivity index (χ3n) is 3.08. The lowest BCUT2D eigenvalue weighted by atomic mass is 10.2. The highest BCUT2D eigenvalue weighted by atomic mass is 79.9. The second kappa shape index (κ2) is 7.84. The van der Waals surface area contributed by atoms with E-state index in [-0.39, 0.29) is 5.91 Å². The maximum atomic E-state index is 12.0. The number of halogens is 1. The van der Waals surface area contributed by atoms with Crippen LogP contribution in [0.25, 0.3) is 0 Å². The summed E-state index contributed by atoms with van der Waals surface area (Å²) < 4.78 is 11.7. The highest BCUT2D eigenvalue weighted by Gasteiger charge is 2.09. The molecule has 0 unspecified atom stereocenters. The molecular weight excluding hydrogens is 346 g/mol. The molecule has 0 fully saturated rings. The lowest BCUT2D eigenvalue weighted by molar-refractivity contribution is 0.0946. The van der Waals surface area contributed by atoms with Gasteiger partial charge in [-0.3, -0.25) is 4.79 Å². The SMILES string of the molecule is COc1cc(C)ccc1OCCNC(=O)c1ccccc1Br. The summed E-state index contributed by atoms with van der Waals surface area (Å²) >= 11 is 3.36. The maximum absolute atomic E-state index is 12.0. The Kier molecular flexibility index (Phi) is 5.83. The number of aryl methyl sites for hydroxylation is 1. The van der Waals surface area contributed by atoms with Gasteiger partial charge in [-0.05, 0) is 52.7 Å². The van der Waals surface area contributed by atoms with Crippen molar-refractivity contribution in [2.24, 2.45) is 0 Å². The average Bonchev–Trinajstić information content (AvgIpc) is 2.52. The molecule has 0 radical (unpaired) electrons. The molecule has 0 bridgehead atoms. The van der Waals surface area contributed by atoms with Crippen LogP contribution in [0.1, 0.15) is 15.9 Å².